The Bertz CT molecular complexity index is 1280. The molecule has 9 nitrogen and oxygen atoms in total. The largest absolute Gasteiger partial charge is 0.380 e. The summed E-state index contributed by atoms with van der Waals surface area (Å²) in [6.07, 6.45) is 8.52. The Hall–Kier alpha value is -3.32. The first-order chi connectivity index (χ1) is 15.4. The number of aromatic nitrogens is 5. The molecule has 1 saturated carbocycles. The Labute approximate surface area is 183 Å². The van der Waals surface area contributed by atoms with Crippen molar-refractivity contribution < 1.29 is 13.9 Å². The normalized spacial score (nSPS) is 24.7. The molecule has 1 amide bonds. The van der Waals surface area contributed by atoms with Gasteiger partial charge in [0.25, 0.3) is 0 Å². The van der Waals surface area contributed by atoms with Crippen LogP contribution in [-0.4, -0.2) is 50.0 Å². The van der Waals surface area contributed by atoms with Gasteiger partial charge in [0.1, 0.15) is 10.9 Å². The first-order valence-electron chi connectivity index (χ1n) is 10.8. The number of hydrogen-bond acceptors (Lipinski definition) is 6. The van der Waals surface area contributed by atoms with Crippen molar-refractivity contribution in [3.63, 3.8) is 0 Å². The Balaban J connectivity index is 1.40. The highest BCUT2D eigenvalue weighted by molar-refractivity contribution is 6.04. The van der Waals surface area contributed by atoms with Crippen molar-refractivity contribution >= 4 is 17.2 Å². The van der Waals surface area contributed by atoms with Crippen molar-refractivity contribution in [2.75, 3.05) is 24.7 Å². The fourth-order valence-electron chi connectivity index (χ4n) is 4.89. The van der Waals surface area contributed by atoms with Gasteiger partial charge in [-0.3, -0.25) is 14.4 Å². The minimum absolute atomic E-state index is 0.0579. The summed E-state index contributed by atoms with van der Waals surface area (Å²) in [5, 5.41) is 18.4. The molecule has 3 aliphatic rings. The van der Waals surface area contributed by atoms with E-state index in [-0.39, 0.29) is 28.6 Å². The molecule has 1 atom stereocenters. The summed E-state index contributed by atoms with van der Waals surface area (Å²) >= 11 is 0. The number of nitriles is 1. The summed E-state index contributed by atoms with van der Waals surface area (Å²) in [5.41, 5.74) is 0.440. The highest BCUT2D eigenvalue weighted by Crippen LogP contribution is 2.52. The SMILES string of the molecule is CC1(Cn2cc(-c3cn4ncc(F)c4c(N4CC[C@@](C#N)(C5CC5)C4=O)n3)cn2)COC1. The van der Waals surface area contributed by atoms with Crippen LogP contribution in [0, 0.1) is 33.9 Å². The van der Waals surface area contributed by atoms with Crippen LogP contribution in [0.1, 0.15) is 26.2 Å². The summed E-state index contributed by atoms with van der Waals surface area (Å²) in [6.45, 7) is 4.59. The fraction of sp³-hybridized carbons (Fsp3) is 0.500. The molecule has 0 N–H and O–H groups in total. The van der Waals surface area contributed by atoms with Gasteiger partial charge in [-0.1, -0.05) is 6.92 Å². The van der Waals surface area contributed by atoms with Crippen LogP contribution in [-0.2, 0) is 16.1 Å². The van der Waals surface area contributed by atoms with E-state index in [1.165, 1.54) is 9.42 Å². The molecule has 1 aliphatic carbocycles. The number of ether oxygens (including phenoxy) is 1. The van der Waals surface area contributed by atoms with Gasteiger partial charge >= 0.3 is 0 Å². The van der Waals surface area contributed by atoms with Gasteiger partial charge in [-0.15, -0.1) is 0 Å². The van der Waals surface area contributed by atoms with Crippen molar-refractivity contribution in [2.45, 2.75) is 32.7 Å². The van der Waals surface area contributed by atoms with E-state index in [1.807, 2.05) is 10.9 Å². The van der Waals surface area contributed by atoms with Crippen molar-refractivity contribution in [3.05, 3.63) is 30.6 Å². The first-order valence-corrected chi connectivity index (χ1v) is 10.8. The molecule has 2 saturated heterocycles. The second kappa shape index (κ2) is 6.59. The summed E-state index contributed by atoms with van der Waals surface area (Å²) in [5.74, 6) is -0.564. The topological polar surface area (TPSA) is 101 Å². The molecule has 0 aromatic carbocycles. The van der Waals surface area contributed by atoms with Crippen LogP contribution < -0.4 is 4.90 Å². The smallest absolute Gasteiger partial charge is 0.249 e. The monoisotopic (exact) mass is 435 g/mol. The lowest BCUT2D eigenvalue weighted by Gasteiger charge is -2.37. The Morgan fingerprint density at radius 1 is 1.28 bits per heavy atom. The second-order valence-corrected chi connectivity index (χ2v) is 9.53. The Morgan fingerprint density at radius 3 is 2.78 bits per heavy atom. The van der Waals surface area contributed by atoms with Crippen LogP contribution in [0.25, 0.3) is 16.8 Å². The van der Waals surface area contributed by atoms with Crippen LogP contribution in [0.3, 0.4) is 0 Å². The van der Waals surface area contributed by atoms with Crippen molar-refractivity contribution in [2.24, 2.45) is 16.7 Å². The van der Waals surface area contributed by atoms with Gasteiger partial charge in [-0.25, -0.2) is 13.9 Å². The number of rotatable bonds is 5. The second-order valence-electron chi connectivity index (χ2n) is 9.53. The number of nitrogens with zero attached hydrogens (tertiary/aromatic N) is 7. The maximum absolute atomic E-state index is 14.6. The van der Waals surface area contributed by atoms with Crippen LogP contribution >= 0.6 is 0 Å². The zero-order valence-corrected chi connectivity index (χ0v) is 17.7. The number of amides is 1. The van der Waals surface area contributed by atoms with E-state index in [0.29, 0.717) is 31.9 Å². The molecule has 3 aromatic rings. The predicted molar refractivity (Wildman–Crippen MR) is 111 cm³/mol. The van der Waals surface area contributed by atoms with Crippen LogP contribution in [0.4, 0.5) is 10.2 Å². The third-order valence-corrected chi connectivity index (χ3v) is 6.89. The molecule has 6 rings (SSSR count). The molecule has 3 fully saturated rings. The lowest BCUT2D eigenvalue weighted by molar-refractivity contribution is -0.123. The number of carbonyl (C=O) groups excluding carboxylic acids is 1. The van der Waals surface area contributed by atoms with Gasteiger partial charge in [-0.05, 0) is 25.2 Å². The third kappa shape index (κ3) is 2.77. The molecule has 164 valence electrons. The van der Waals surface area contributed by atoms with Crippen LogP contribution in [0.2, 0.25) is 0 Å². The highest BCUT2D eigenvalue weighted by Gasteiger charge is 2.57. The first kappa shape index (κ1) is 19.4. The predicted octanol–water partition coefficient (Wildman–Crippen LogP) is 2.43. The molecule has 0 bridgehead atoms. The molecule has 0 spiro atoms. The number of halogens is 1. The van der Waals surface area contributed by atoms with Crippen LogP contribution in [0.5, 0.6) is 0 Å². The van der Waals surface area contributed by atoms with Gasteiger partial charge in [0, 0.05) is 23.7 Å². The third-order valence-electron chi connectivity index (χ3n) is 6.89. The van der Waals surface area contributed by atoms with Crippen molar-refractivity contribution in [1.82, 2.24) is 24.4 Å². The minimum Gasteiger partial charge on any atom is -0.380 e. The van der Waals surface area contributed by atoms with E-state index < -0.39 is 11.2 Å². The average molecular weight is 435 g/mol. The van der Waals surface area contributed by atoms with E-state index in [0.717, 1.165) is 31.1 Å². The molecule has 5 heterocycles. The average Bonchev–Trinajstić information content (AvgIpc) is 3.26. The van der Waals surface area contributed by atoms with Crippen molar-refractivity contribution in [1.29, 1.82) is 5.26 Å². The quantitative estimate of drug-likeness (QED) is 0.610. The summed E-state index contributed by atoms with van der Waals surface area (Å²) in [7, 11) is 0. The number of anilines is 1. The van der Waals surface area contributed by atoms with E-state index in [1.54, 1.807) is 12.4 Å². The van der Waals surface area contributed by atoms with Gasteiger partial charge < -0.3 is 4.74 Å². The zero-order chi connectivity index (χ0) is 22.1. The zero-order valence-electron chi connectivity index (χ0n) is 17.7. The van der Waals surface area contributed by atoms with E-state index in [4.69, 9.17) is 4.74 Å². The maximum atomic E-state index is 14.6. The number of fused-ring (bicyclic) bond motifs is 1. The Morgan fingerprint density at radius 2 is 2.09 bits per heavy atom. The summed E-state index contributed by atoms with van der Waals surface area (Å²) in [4.78, 5) is 19.5. The van der Waals surface area contributed by atoms with E-state index in [2.05, 4.69) is 28.2 Å². The summed E-state index contributed by atoms with van der Waals surface area (Å²) in [6, 6.07) is 2.27. The summed E-state index contributed by atoms with van der Waals surface area (Å²) < 4.78 is 23.2. The molecule has 0 unspecified atom stereocenters. The molecular weight excluding hydrogens is 413 g/mol. The molecular formula is C22H22FN7O2. The molecule has 3 aromatic heterocycles. The van der Waals surface area contributed by atoms with Gasteiger partial charge in [-0.2, -0.15) is 15.5 Å². The molecule has 32 heavy (non-hydrogen) atoms. The molecule has 0 radical (unpaired) electrons. The van der Waals surface area contributed by atoms with Gasteiger partial charge in [0.15, 0.2) is 11.6 Å². The highest BCUT2D eigenvalue weighted by atomic mass is 19.1. The standard InChI is InChI=1S/C22H22FN7O2/c1-21(12-32-13-21)11-28-8-14(6-25-28)17-9-30-18(16(23)7-26-30)19(27-17)29-5-4-22(10-24,20(29)31)15-2-3-15/h6-9,15H,2-5,11-13H2,1H3/t22-/m1/s1. The number of hydrogen-bond donors (Lipinski definition) is 0. The van der Waals surface area contributed by atoms with E-state index >= 15 is 0 Å². The fourth-order valence-corrected chi connectivity index (χ4v) is 4.89. The van der Waals surface area contributed by atoms with Gasteiger partial charge in [0.2, 0.25) is 5.91 Å². The molecule has 2 aliphatic heterocycles. The van der Waals surface area contributed by atoms with E-state index in [9.17, 15) is 14.4 Å². The Kier molecular flexibility index (Phi) is 3.99. The van der Waals surface area contributed by atoms with Crippen molar-refractivity contribution in [3.8, 4) is 17.3 Å². The lowest BCUT2D eigenvalue weighted by atomic mass is 9.83. The maximum Gasteiger partial charge on any atom is 0.249 e. The molecule has 10 heteroatoms. The van der Waals surface area contributed by atoms with Crippen LogP contribution in [0.15, 0.2) is 24.8 Å². The number of carbonyl (C=O) groups is 1. The van der Waals surface area contributed by atoms with Gasteiger partial charge in [0.05, 0.1) is 50.1 Å². The minimum atomic E-state index is -1.03. The lowest BCUT2D eigenvalue weighted by Crippen LogP contribution is -2.43.